The van der Waals surface area contributed by atoms with Crippen LogP contribution < -0.4 is 0 Å². The van der Waals surface area contributed by atoms with E-state index in [2.05, 4.69) is 15.9 Å². The molecule has 0 saturated heterocycles. The summed E-state index contributed by atoms with van der Waals surface area (Å²) in [5.41, 5.74) is 0.687. The van der Waals surface area contributed by atoms with Crippen molar-refractivity contribution in [3.63, 3.8) is 0 Å². The Morgan fingerprint density at radius 1 is 1.47 bits per heavy atom. The molecule has 5 heteroatoms. The SMILES string of the molecule is CCOC(=S)SC(C)C(=O)c1ccc(Br)cc1. The molecule has 92 valence electrons. The summed E-state index contributed by atoms with van der Waals surface area (Å²) >= 11 is 9.61. The molecule has 0 aromatic heterocycles. The number of ether oxygens (including phenoxy) is 1. The number of hydrogen-bond donors (Lipinski definition) is 0. The predicted octanol–water partition coefficient (Wildman–Crippen LogP) is 4.07. The predicted molar refractivity (Wildman–Crippen MR) is 79.7 cm³/mol. The van der Waals surface area contributed by atoms with Gasteiger partial charge in [-0.15, -0.1) is 0 Å². The lowest BCUT2D eigenvalue weighted by Crippen LogP contribution is -2.16. The standard InChI is InChI=1S/C12H13BrO2S2/c1-3-15-12(16)17-8(2)11(14)9-4-6-10(13)7-5-9/h4-8H,3H2,1-2H3. The van der Waals surface area contributed by atoms with Crippen molar-refractivity contribution in [1.29, 1.82) is 0 Å². The van der Waals surface area contributed by atoms with Crippen molar-refractivity contribution in [1.82, 2.24) is 0 Å². The topological polar surface area (TPSA) is 26.3 Å². The number of carbonyl (C=O) groups is 1. The normalized spacial score (nSPS) is 11.9. The Morgan fingerprint density at radius 3 is 2.59 bits per heavy atom. The number of thioether (sulfide) groups is 1. The third-order valence-corrected chi connectivity index (χ3v) is 3.85. The molecular weight excluding hydrogens is 320 g/mol. The van der Waals surface area contributed by atoms with Gasteiger partial charge in [0.2, 0.25) is 4.38 Å². The molecule has 1 atom stereocenters. The molecule has 0 aliphatic heterocycles. The van der Waals surface area contributed by atoms with Gasteiger partial charge in [0.05, 0.1) is 11.9 Å². The van der Waals surface area contributed by atoms with Crippen LogP contribution in [0, 0.1) is 0 Å². The summed E-state index contributed by atoms with van der Waals surface area (Å²) in [4.78, 5) is 12.0. The van der Waals surface area contributed by atoms with Crippen LogP contribution in [0.15, 0.2) is 28.7 Å². The summed E-state index contributed by atoms with van der Waals surface area (Å²) in [6.07, 6.45) is 0. The Kier molecular flexibility index (Phi) is 6.16. The molecule has 1 aromatic rings. The zero-order chi connectivity index (χ0) is 12.8. The number of halogens is 1. The molecule has 0 radical (unpaired) electrons. The number of carbonyl (C=O) groups excluding carboxylic acids is 1. The zero-order valence-electron chi connectivity index (χ0n) is 9.60. The van der Waals surface area contributed by atoms with Crippen LogP contribution in [0.5, 0.6) is 0 Å². The Morgan fingerprint density at radius 2 is 2.06 bits per heavy atom. The molecule has 17 heavy (non-hydrogen) atoms. The van der Waals surface area contributed by atoms with E-state index in [1.807, 2.05) is 26.0 Å². The second kappa shape index (κ2) is 7.13. The van der Waals surface area contributed by atoms with E-state index in [9.17, 15) is 4.79 Å². The third-order valence-electron chi connectivity index (χ3n) is 2.03. The van der Waals surface area contributed by atoms with E-state index in [1.54, 1.807) is 12.1 Å². The summed E-state index contributed by atoms with van der Waals surface area (Å²) in [6, 6.07) is 7.30. The number of ketones is 1. The monoisotopic (exact) mass is 332 g/mol. The number of thiocarbonyl (C=S) groups is 1. The molecule has 0 aliphatic carbocycles. The molecule has 0 N–H and O–H groups in total. The van der Waals surface area contributed by atoms with Gasteiger partial charge < -0.3 is 4.74 Å². The van der Waals surface area contributed by atoms with Crippen LogP contribution in [0.2, 0.25) is 0 Å². The fourth-order valence-corrected chi connectivity index (χ4v) is 2.73. The van der Waals surface area contributed by atoms with Gasteiger partial charge in [0.1, 0.15) is 0 Å². The molecule has 0 bridgehead atoms. The average Bonchev–Trinajstić information content (AvgIpc) is 2.29. The van der Waals surface area contributed by atoms with Crippen molar-refractivity contribution in [2.24, 2.45) is 0 Å². The first-order valence-electron chi connectivity index (χ1n) is 5.17. The summed E-state index contributed by atoms with van der Waals surface area (Å²) < 4.78 is 6.53. The minimum atomic E-state index is -0.227. The summed E-state index contributed by atoms with van der Waals surface area (Å²) in [5, 5.41) is -0.227. The highest BCUT2D eigenvalue weighted by Gasteiger charge is 2.18. The van der Waals surface area contributed by atoms with E-state index in [0.717, 1.165) is 4.47 Å². The Hall–Kier alpha value is -0.390. The fraction of sp³-hybridized carbons (Fsp3) is 0.333. The van der Waals surface area contributed by atoms with Gasteiger partial charge in [0.25, 0.3) is 0 Å². The number of benzene rings is 1. The van der Waals surface area contributed by atoms with E-state index in [1.165, 1.54) is 11.8 Å². The molecule has 1 aromatic carbocycles. The smallest absolute Gasteiger partial charge is 0.220 e. The highest BCUT2D eigenvalue weighted by molar-refractivity contribution is 9.10. The molecule has 0 amide bonds. The molecule has 0 saturated carbocycles. The highest BCUT2D eigenvalue weighted by Crippen LogP contribution is 2.20. The van der Waals surface area contributed by atoms with E-state index in [0.29, 0.717) is 16.6 Å². The molecular formula is C12H13BrO2S2. The molecule has 0 aliphatic rings. The van der Waals surface area contributed by atoms with Gasteiger partial charge in [-0.05, 0) is 38.2 Å². The minimum absolute atomic E-state index is 0.0598. The van der Waals surface area contributed by atoms with Gasteiger partial charge in [-0.3, -0.25) is 4.79 Å². The van der Waals surface area contributed by atoms with Crippen LogP contribution in [0.4, 0.5) is 0 Å². The first-order chi connectivity index (χ1) is 8.04. The molecule has 2 nitrogen and oxygen atoms in total. The highest BCUT2D eigenvalue weighted by atomic mass is 79.9. The molecule has 0 heterocycles. The van der Waals surface area contributed by atoms with Crippen molar-refractivity contribution in [2.75, 3.05) is 6.61 Å². The third kappa shape index (κ3) is 4.77. The minimum Gasteiger partial charge on any atom is -0.479 e. The van der Waals surface area contributed by atoms with Crippen LogP contribution >= 0.6 is 39.9 Å². The maximum Gasteiger partial charge on any atom is 0.220 e. The second-order valence-electron chi connectivity index (χ2n) is 3.31. The fourth-order valence-electron chi connectivity index (χ4n) is 1.20. The van der Waals surface area contributed by atoms with Crippen molar-refractivity contribution >= 4 is 50.1 Å². The molecule has 1 rings (SSSR count). The molecule has 0 fully saturated rings. The van der Waals surface area contributed by atoms with Gasteiger partial charge in [-0.2, -0.15) is 0 Å². The number of Topliss-reactive ketones (excluding diaryl/α,β-unsaturated/α-hetero) is 1. The van der Waals surface area contributed by atoms with E-state index < -0.39 is 0 Å². The van der Waals surface area contributed by atoms with Crippen molar-refractivity contribution < 1.29 is 9.53 Å². The van der Waals surface area contributed by atoms with Crippen molar-refractivity contribution in [3.05, 3.63) is 34.3 Å². The van der Waals surface area contributed by atoms with E-state index >= 15 is 0 Å². The first-order valence-corrected chi connectivity index (χ1v) is 7.26. The summed E-state index contributed by atoms with van der Waals surface area (Å²) in [7, 11) is 0. The van der Waals surface area contributed by atoms with Gasteiger partial charge >= 0.3 is 0 Å². The lowest BCUT2D eigenvalue weighted by atomic mass is 10.1. The van der Waals surface area contributed by atoms with Crippen LogP contribution in [0.25, 0.3) is 0 Å². The van der Waals surface area contributed by atoms with Crippen LogP contribution in [-0.4, -0.2) is 22.0 Å². The van der Waals surface area contributed by atoms with Gasteiger partial charge in [0, 0.05) is 10.0 Å². The first kappa shape index (κ1) is 14.7. The van der Waals surface area contributed by atoms with Crippen LogP contribution in [0.3, 0.4) is 0 Å². The second-order valence-corrected chi connectivity index (χ2v) is 6.17. The Bertz CT molecular complexity index is 403. The lowest BCUT2D eigenvalue weighted by molar-refractivity contribution is 0.0994. The molecule has 1 unspecified atom stereocenters. The largest absolute Gasteiger partial charge is 0.479 e. The van der Waals surface area contributed by atoms with Gasteiger partial charge in [0.15, 0.2) is 5.78 Å². The Labute approximate surface area is 119 Å². The van der Waals surface area contributed by atoms with Crippen molar-refractivity contribution in [3.8, 4) is 0 Å². The van der Waals surface area contributed by atoms with Crippen molar-refractivity contribution in [2.45, 2.75) is 19.1 Å². The van der Waals surface area contributed by atoms with E-state index in [-0.39, 0.29) is 11.0 Å². The van der Waals surface area contributed by atoms with Crippen LogP contribution in [0.1, 0.15) is 24.2 Å². The number of hydrogen-bond acceptors (Lipinski definition) is 4. The average molecular weight is 333 g/mol. The Balaban J connectivity index is 2.63. The quantitative estimate of drug-likeness (QED) is 0.613. The molecule has 0 spiro atoms. The van der Waals surface area contributed by atoms with Gasteiger partial charge in [-0.25, -0.2) is 0 Å². The van der Waals surface area contributed by atoms with Crippen LogP contribution in [-0.2, 0) is 4.74 Å². The maximum absolute atomic E-state index is 12.0. The van der Waals surface area contributed by atoms with Gasteiger partial charge in [-0.1, -0.05) is 39.8 Å². The lowest BCUT2D eigenvalue weighted by Gasteiger charge is -2.11. The number of rotatable bonds is 4. The maximum atomic E-state index is 12.0. The summed E-state index contributed by atoms with van der Waals surface area (Å²) in [6.45, 7) is 4.24. The zero-order valence-corrected chi connectivity index (χ0v) is 12.8. The summed E-state index contributed by atoms with van der Waals surface area (Å²) in [5.74, 6) is 0.0598. The van der Waals surface area contributed by atoms with E-state index in [4.69, 9.17) is 17.0 Å².